The number of aromatic nitrogens is 1. The minimum atomic E-state index is 0.282. The highest BCUT2D eigenvalue weighted by Gasteiger charge is 2.44. The van der Waals surface area contributed by atoms with Gasteiger partial charge in [0.15, 0.2) is 0 Å². The summed E-state index contributed by atoms with van der Waals surface area (Å²) in [6.45, 7) is 3.01. The summed E-state index contributed by atoms with van der Waals surface area (Å²) in [5.41, 5.74) is 0.611. The lowest BCUT2D eigenvalue weighted by molar-refractivity contribution is -0.137. The van der Waals surface area contributed by atoms with Crippen molar-refractivity contribution in [1.29, 1.82) is 5.26 Å². The molecule has 1 saturated heterocycles. The Balaban J connectivity index is 1.39. The van der Waals surface area contributed by atoms with Gasteiger partial charge in [0.2, 0.25) is 5.91 Å². The molecule has 5 nitrogen and oxygen atoms in total. The maximum absolute atomic E-state index is 12.8. The van der Waals surface area contributed by atoms with E-state index < -0.39 is 0 Å². The predicted octanol–water partition coefficient (Wildman–Crippen LogP) is 2.04. The molecule has 1 amide bonds. The number of rotatable bonds is 2. The van der Waals surface area contributed by atoms with Crippen molar-refractivity contribution in [1.82, 2.24) is 9.88 Å². The monoisotopic (exact) mass is 310 g/mol. The Labute approximate surface area is 136 Å². The van der Waals surface area contributed by atoms with Crippen LogP contribution in [-0.2, 0) is 4.79 Å². The molecule has 5 heteroatoms. The second-order valence-electron chi connectivity index (χ2n) is 7.08. The molecule has 0 aromatic carbocycles. The number of nitrogens with zero attached hydrogens (tertiary/aromatic N) is 4. The van der Waals surface area contributed by atoms with Crippen molar-refractivity contribution in [3.63, 3.8) is 0 Å². The van der Waals surface area contributed by atoms with Crippen LogP contribution in [-0.4, -0.2) is 42.0 Å². The van der Waals surface area contributed by atoms with Gasteiger partial charge >= 0.3 is 0 Å². The lowest BCUT2D eigenvalue weighted by atomic mass is 9.87. The average molecular weight is 310 g/mol. The third kappa shape index (κ3) is 2.56. The normalized spacial score (nSPS) is 29.6. The molecule has 3 unspecified atom stereocenters. The summed E-state index contributed by atoms with van der Waals surface area (Å²) < 4.78 is 0. The van der Waals surface area contributed by atoms with Crippen molar-refractivity contribution in [2.75, 3.05) is 31.1 Å². The van der Waals surface area contributed by atoms with Gasteiger partial charge in [-0.15, -0.1) is 0 Å². The van der Waals surface area contributed by atoms with Crippen LogP contribution in [0.5, 0.6) is 0 Å². The molecule has 3 aliphatic rings. The Bertz CT molecular complexity index is 645. The molecule has 0 spiro atoms. The fourth-order valence-electron chi connectivity index (χ4n) is 4.66. The molecule has 0 N–H and O–H groups in total. The van der Waals surface area contributed by atoms with Crippen LogP contribution < -0.4 is 4.90 Å². The second-order valence-corrected chi connectivity index (χ2v) is 7.08. The van der Waals surface area contributed by atoms with Gasteiger partial charge in [-0.05, 0) is 43.2 Å². The molecule has 2 saturated carbocycles. The molecule has 2 bridgehead atoms. The number of pyridine rings is 1. The van der Waals surface area contributed by atoms with E-state index in [-0.39, 0.29) is 5.92 Å². The number of hydrogen-bond acceptors (Lipinski definition) is 4. The second kappa shape index (κ2) is 5.84. The highest BCUT2D eigenvalue weighted by atomic mass is 16.2. The Morgan fingerprint density at radius 2 is 2.04 bits per heavy atom. The van der Waals surface area contributed by atoms with Gasteiger partial charge in [0, 0.05) is 38.3 Å². The number of carbonyl (C=O) groups excluding carboxylic acids is 1. The summed E-state index contributed by atoms with van der Waals surface area (Å²) in [6.07, 6.45) is 6.70. The van der Waals surface area contributed by atoms with Crippen molar-refractivity contribution < 1.29 is 4.79 Å². The van der Waals surface area contributed by atoms with E-state index in [0.29, 0.717) is 17.4 Å². The Hall–Kier alpha value is -2.09. The van der Waals surface area contributed by atoms with Gasteiger partial charge in [-0.1, -0.05) is 6.42 Å². The van der Waals surface area contributed by atoms with Gasteiger partial charge in [-0.2, -0.15) is 5.26 Å². The zero-order chi connectivity index (χ0) is 15.8. The van der Waals surface area contributed by atoms with E-state index in [1.807, 2.05) is 4.90 Å². The van der Waals surface area contributed by atoms with E-state index in [2.05, 4.69) is 16.0 Å². The number of anilines is 1. The first-order valence-corrected chi connectivity index (χ1v) is 8.65. The topological polar surface area (TPSA) is 60.2 Å². The van der Waals surface area contributed by atoms with Gasteiger partial charge in [0.1, 0.15) is 11.9 Å². The average Bonchev–Trinajstić information content (AvgIpc) is 3.24. The van der Waals surface area contributed by atoms with Gasteiger partial charge in [-0.3, -0.25) is 4.79 Å². The lowest BCUT2D eigenvalue weighted by Gasteiger charge is -2.38. The van der Waals surface area contributed by atoms with Crippen molar-refractivity contribution in [2.24, 2.45) is 17.8 Å². The number of piperazine rings is 1. The summed E-state index contributed by atoms with van der Waals surface area (Å²) in [7, 11) is 0. The molecule has 4 rings (SSSR count). The van der Waals surface area contributed by atoms with Crippen molar-refractivity contribution in [3.8, 4) is 6.07 Å². The van der Waals surface area contributed by atoms with Crippen LogP contribution in [0.3, 0.4) is 0 Å². The smallest absolute Gasteiger partial charge is 0.226 e. The number of fused-ring (bicyclic) bond motifs is 2. The Kier molecular flexibility index (Phi) is 3.68. The van der Waals surface area contributed by atoms with E-state index in [4.69, 9.17) is 0 Å². The summed E-state index contributed by atoms with van der Waals surface area (Å²) in [5, 5.41) is 9.21. The summed E-state index contributed by atoms with van der Waals surface area (Å²) in [5.74, 6) is 2.86. The van der Waals surface area contributed by atoms with Crippen LogP contribution in [0, 0.1) is 29.1 Å². The Morgan fingerprint density at radius 1 is 1.22 bits per heavy atom. The third-order valence-electron chi connectivity index (χ3n) is 5.85. The molecular formula is C18H22N4O. The van der Waals surface area contributed by atoms with Gasteiger partial charge in [0.25, 0.3) is 0 Å². The number of amides is 1. The lowest BCUT2D eigenvalue weighted by Crippen LogP contribution is -2.51. The fourth-order valence-corrected chi connectivity index (χ4v) is 4.66. The van der Waals surface area contributed by atoms with Crippen LogP contribution in [0.15, 0.2) is 18.3 Å². The summed E-state index contributed by atoms with van der Waals surface area (Å²) in [6, 6.07) is 5.79. The van der Waals surface area contributed by atoms with Crippen molar-refractivity contribution >= 4 is 11.7 Å². The van der Waals surface area contributed by atoms with E-state index in [1.54, 1.807) is 18.3 Å². The minimum absolute atomic E-state index is 0.282. The zero-order valence-electron chi connectivity index (χ0n) is 13.3. The zero-order valence-corrected chi connectivity index (χ0v) is 13.3. The third-order valence-corrected chi connectivity index (χ3v) is 5.85. The Morgan fingerprint density at radius 3 is 2.70 bits per heavy atom. The first kappa shape index (κ1) is 14.5. The quantitative estimate of drug-likeness (QED) is 0.838. The predicted molar refractivity (Wildman–Crippen MR) is 86.7 cm³/mol. The van der Waals surface area contributed by atoms with Crippen LogP contribution in [0.4, 0.5) is 5.82 Å². The maximum atomic E-state index is 12.8. The highest BCUT2D eigenvalue weighted by Crippen LogP contribution is 2.48. The number of carbonyl (C=O) groups is 1. The van der Waals surface area contributed by atoms with E-state index >= 15 is 0 Å². The van der Waals surface area contributed by atoms with E-state index in [0.717, 1.165) is 44.3 Å². The molecule has 1 aliphatic heterocycles. The number of nitriles is 1. The van der Waals surface area contributed by atoms with Crippen LogP contribution >= 0.6 is 0 Å². The van der Waals surface area contributed by atoms with Crippen LogP contribution in [0.25, 0.3) is 0 Å². The molecule has 0 radical (unpaired) electrons. The molecule has 3 fully saturated rings. The maximum Gasteiger partial charge on any atom is 0.226 e. The minimum Gasteiger partial charge on any atom is -0.352 e. The van der Waals surface area contributed by atoms with Crippen molar-refractivity contribution in [3.05, 3.63) is 23.9 Å². The SMILES string of the molecule is N#Cc1cccnc1N1CCN(C(=O)C2CC3CCC2C3)CC1. The first-order chi connectivity index (χ1) is 11.3. The van der Waals surface area contributed by atoms with E-state index in [1.165, 1.54) is 19.3 Å². The van der Waals surface area contributed by atoms with Gasteiger partial charge < -0.3 is 9.80 Å². The summed E-state index contributed by atoms with van der Waals surface area (Å²) >= 11 is 0. The number of hydrogen-bond donors (Lipinski definition) is 0. The highest BCUT2D eigenvalue weighted by molar-refractivity contribution is 5.80. The molecule has 120 valence electrons. The van der Waals surface area contributed by atoms with Crippen molar-refractivity contribution in [2.45, 2.75) is 25.7 Å². The first-order valence-electron chi connectivity index (χ1n) is 8.65. The van der Waals surface area contributed by atoms with E-state index in [9.17, 15) is 10.1 Å². The fraction of sp³-hybridized carbons (Fsp3) is 0.611. The summed E-state index contributed by atoms with van der Waals surface area (Å²) in [4.78, 5) is 21.3. The largest absolute Gasteiger partial charge is 0.352 e. The molecule has 2 heterocycles. The molecule has 1 aromatic heterocycles. The molecule has 3 atom stereocenters. The van der Waals surface area contributed by atoms with Gasteiger partial charge in [-0.25, -0.2) is 4.98 Å². The molecule has 2 aliphatic carbocycles. The standard InChI is InChI=1S/C18H22N4O/c19-12-15-2-1-5-20-17(15)21-6-8-22(9-7-21)18(23)16-11-13-3-4-14(16)10-13/h1-2,5,13-14,16H,3-4,6-11H2. The molecule has 1 aromatic rings. The van der Waals surface area contributed by atoms with Gasteiger partial charge in [0.05, 0.1) is 5.56 Å². The van der Waals surface area contributed by atoms with Crippen LogP contribution in [0.1, 0.15) is 31.2 Å². The molecular weight excluding hydrogens is 288 g/mol. The van der Waals surface area contributed by atoms with Crippen LogP contribution in [0.2, 0.25) is 0 Å². The molecule has 23 heavy (non-hydrogen) atoms.